The molecule has 1 unspecified atom stereocenters. The van der Waals surface area contributed by atoms with Crippen LogP contribution in [0.1, 0.15) is 26.5 Å². The topological polar surface area (TPSA) is 51.8 Å². The average molecular weight is 211 g/mol. The van der Waals surface area contributed by atoms with E-state index in [9.17, 15) is 0 Å². The van der Waals surface area contributed by atoms with Gasteiger partial charge < -0.3 is 5.73 Å². The van der Waals surface area contributed by atoms with E-state index in [1.54, 1.807) is 17.8 Å². The van der Waals surface area contributed by atoms with Crippen molar-refractivity contribution in [3.8, 4) is 0 Å². The van der Waals surface area contributed by atoms with Gasteiger partial charge in [0, 0.05) is 17.0 Å². The van der Waals surface area contributed by atoms with Crippen molar-refractivity contribution in [2.45, 2.75) is 38.1 Å². The molecule has 0 saturated carbocycles. The molecule has 0 spiro atoms. The van der Waals surface area contributed by atoms with Gasteiger partial charge in [0.2, 0.25) is 0 Å². The van der Waals surface area contributed by atoms with Crippen LogP contribution >= 0.6 is 11.8 Å². The monoisotopic (exact) mass is 211 g/mol. The highest BCUT2D eigenvalue weighted by Crippen LogP contribution is 2.25. The van der Waals surface area contributed by atoms with Crippen molar-refractivity contribution in [3.63, 3.8) is 0 Å². The minimum Gasteiger partial charge on any atom is -0.384 e. The Morgan fingerprint density at radius 3 is 2.43 bits per heavy atom. The van der Waals surface area contributed by atoms with Crippen molar-refractivity contribution in [2.24, 2.45) is 5.92 Å². The lowest BCUT2D eigenvalue weighted by atomic mass is 10.2. The number of hydrogen-bond donors (Lipinski definition) is 1. The van der Waals surface area contributed by atoms with E-state index in [-0.39, 0.29) is 0 Å². The molecule has 0 fully saturated rings. The number of nitrogens with two attached hydrogens (primary N) is 1. The first-order valence-corrected chi connectivity index (χ1v) is 5.65. The van der Waals surface area contributed by atoms with E-state index in [1.165, 1.54) is 0 Å². The zero-order chi connectivity index (χ0) is 10.7. The third-order valence-electron chi connectivity index (χ3n) is 2.08. The molecule has 1 aromatic heterocycles. The predicted octanol–water partition coefficient (Wildman–Crippen LogP) is 2.50. The number of anilines is 1. The fourth-order valence-electron chi connectivity index (χ4n) is 0.920. The van der Waals surface area contributed by atoms with Gasteiger partial charge in [0.15, 0.2) is 5.16 Å². The molecule has 1 atom stereocenters. The number of hydrogen-bond acceptors (Lipinski definition) is 4. The summed E-state index contributed by atoms with van der Waals surface area (Å²) in [7, 11) is 0. The van der Waals surface area contributed by atoms with Crippen LogP contribution < -0.4 is 5.73 Å². The Labute approximate surface area is 89.5 Å². The molecule has 1 aromatic rings. The van der Waals surface area contributed by atoms with E-state index >= 15 is 0 Å². The highest BCUT2D eigenvalue weighted by atomic mass is 32.2. The molecule has 1 heterocycles. The quantitative estimate of drug-likeness (QED) is 0.616. The number of aromatic nitrogens is 2. The normalized spacial score (nSPS) is 13.2. The molecule has 0 aliphatic rings. The number of aryl methyl sites for hydroxylation is 1. The van der Waals surface area contributed by atoms with Crippen molar-refractivity contribution in [1.29, 1.82) is 0 Å². The first kappa shape index (κ1) is 11.3. The lowest BCUT2D eigenvalue weighted by molar-refractivity contribution is 0.640. The molecule has 14 heavy (non-hydrogen) atoms. The number of thioether (sulfide) groups is 1. The molecule has 0 aromatic carbocycles. The van der Waals surface area contributed by atoms with Gasteiger partial charge in [-0.1, -0.05) is 32.5 Å². The van der Waals surface area contributed by atoms with Gasteiger partial charge in [-0.2, -0.15) is 0 Å². The second-order valence-corrected chi connectivity index (χ2v) is 5.13. The molecule has 0 aliphatic carbocycles. The summed E-state index contributed by atoms with van der Waals surface area (Å²) in [5, 5.41) is 1.29. The van der Waals surface area contributed by atoms with E-state index in [0.29, 0.717) is 17.0 Å². The van der Waals surface area contributed by atoms with E-state index in [1.807, 2.05) is 6.92 Å². The summed E-state index contributed by atoms with van der Waals surface area (Å²) in [6.07, 6.45) is 0. The molecular formula is C10H17N3S. The van der Waals surface area contributed by atoms with Gasteiger partial charge in [0.05, 0.1) is 0 Å². The smallest absolute Gasteiger partial charge is 0.189 e. The Hall–Kier alpha value is -0.770. The fraction of sp³-hybridized carbons (Fsp3) is 0.600. The van der Waals surface area contributed by atoms with E-state index < -0.39 is 0 Å². The Balaban J connectivity index is 2.76. The Morgan fingerprint density at radius 1 is 1.29 bits per heavy atom. The van der Waals surface area contributed by atoms with Crippen LogP contribution in [0.15, 0.2) is 11.2 Å². The molecule has 1 rings (SSSR count). The van der Waals surface area contributed by atoms with Gasteiger partial charge in [-0.15, -0.1) is 0 Å². The van der Waals surface area contributed by atoms with Crippen LogP contribution in [0, 0.1) is 12.8 Å². The van der Waals surface area contributed by atoms with E-state index in [2.05, 4.69) is 30.7 Å². The average Bonchev–Trinajstić information content (AvgIpc) is 2.01. The molecule has 0 radical (unpaired) electrons. The first-order valence-electron chi connectivity index (χ1n) is 4.77. The van der Waals surface area contributed by atoms with Crippen LogP contribution in [0.5, 0.6) is 0 Å². The van der Waals surface area contributed by atoms with Crippen LogP contribution in [0.3, 0.4) is 0 Å². The molecule has 0 saturated heterocycles. The minimum atomic E-state index is 0.510. The molecule has 4 heteroatoms. The van der Waals surface area contributed by atoms with Crippen molar-refractivity contribution in [1.82, 2.24) is 9.97 Å². The Morgan fingerprint density at radius 2 is 1.93 bits per heavy atom. The molecule has 0 aliphatic heterocycles. The van der Waals surface area contributed by atoms with Gasteiger partial charge in [-0.25, -0.2) is 9.97 Å². The summed E-state index contributed by atoms with van der Waals surface area (Å²) < 4.78 is 0. The van der Waals surface area contributed by atoms with Gasteiger partial charge in [-0.3, -0.25) is 0 Å². The van der Waals surface area contributed by atoms with Gasteiger partial charge >= 0.3 is 0 Å². The highest BCUT2D eigenvalue weighted by Gasteiger charge is 2.11. The van der Waals surface area contributed by atoms with Crippen LogP contribution in [-0.2, 0) is 0 Å². The summed E-state index contributed by atoms with van der Waals surface area (Å²) in [6.45, 7) is 8.49. The Kier molecular flexibility index (Phi) is 3.75. The predicted molar refractivity (Wildman–Crippen MR) is 61.3 cm³/mol. The molecular weight excluding hydrogens is 194 g/mol. The minimum absolute atomic E-state index is 0.510. The molecule has 0 bridgehead atoms. The first-order chi connectivity index (χ1) is 6.49. The van der Waals surface area contributed by atoms with Crippen LogP contribution in [-0.4, -0.2) is 15.2 Å². The number of nitrogens with zero attached hydrogens (tertiary/aromatic N) is 2. The summed E-state index contributed by atoms with van der Waals surface area (Å²) >= 11 is 1.68. The SMILES string of the molecule is Cc1cc(N)nc(SC(C)C(C)C)n1. The number of nitrogen functional groups attached to an aromatic ring is 1. The summed E-state index contributed by atoms with van der Waals surface area (Å²) in [5.41, 5.74) is 6.57. The van der Waals surface area contributed by atoms with Crippen molar-refractivity contribution >= 4 is 17.6 Å². The summed E-state index contributed by atoms with van der Waals surface area (Å²) in [4.78, 5) is 8.51. The standard InChI is InChI=1S/C10H17N3S/c1-6(2)8(4)14-10-12-7(3)5-9(11)13-10/h5-6,8H,1-4H3,(H2,11,12,13). The van der Waals surface area contributed by atoms with Crippen LogP contribution in [0.2, 0.25) is 0 Å². The fourth-order valence-corrected chi connectivity index (χ4v) is 1.88. The highest BCUT2D eigenvalue weighted by molar-refractivity contribution is 7.99. The van der Waals surface area contributed by atoms with Crippen LogP contribution in [0.4, 0.5) is 5.82 Å². The second kappa shape index (κ2) is 4.64. The maximum absolute atomic E-state index is 5.65. The lowest BCUT2D eigenvalue weighted by Crippen LogP contribution is -2.07. The van der Waals surface area contributed by atoms with Gasteiger partial charge in [0.1, 0.15) is 5.82 Å². The maximum atomic E-state index is 5.65. The zero-order valence-corrected chi connectivity index (χ0v) is 9.93. The lowest BCUT2D eigenvalue weighted by Gasteiger charge is -2.13. The third kappa shape index (κ3) is 3.18. The zero-order valence-electron chi connectivity index (χ0n) is 9.11. The molecule has 0 amide bonds. The van der Waals surface area contributed by atoms with Crippen LogP contribution in [0.25, 0.3) is 0 Å². The summed E-state index contributed by atoms with van der Waals surface area (Å²) in [5.74, 6) is 1.17. The molecule has 3 nitrogen and oxygen atoms in total. The van der Waals surface area contributed by atoms with Crippen molar-refractivity contribution < 1.29 is 0 Å². The molecule has 78 valence electrons. The summed E-state index contributed by atoms with van der Waals surface area (Å²) in [6, 6.07) is 1.78. The number of rotatable bonds is 3. The maximum Gasteiger partial charge on any atom is 0.189 e. The van der Waals surface area contributed by atoms with Gasteiger partial charge in [-0.05, 0) is 12.8 Å². The van der Waals surface area contributed by atoms with Gasteiger partial charge in [0.25, 0.3) is 0 Å². The van der Waals surface area contributed by atoms with E-state index in [4.69, 9.17) is 5.73 Å². The van der Waals surface area contributed by atoms with Crippen molar-refractivity contribution in [3.05, 3.63) is 11.8 Å². The molecule has 2 N–H and O–H groups in total. The van der Waals surface area contributed by atoms with E-state index in [0.717, 1.165) is 10.9 Å². The van der Waals surface area contributed by atoms with Crippen molar-refractivity contribution in [2.75, 3.05) is 5.73 Å². The largest absolute Gasteiger partial charge is 0.384 e. The third-order valence-corrected chi connectivity index (χ3v) is 3.39. The second-order valence-electron chi connectivity index (χ2n) is 3.78. The Bertz CT molecular complexity index is 292.